The number of nitrogens with zero attached hydrogens (tertiary/aromatic N) is 1. The molecule has 3 unspecified atom stereocenters. The number of aliphatic hydroxyl groups is 1. The standard InChI is InChI=1S/C18H14F4N2O4S/c1-17(26,15(29(27)28)10-2-5-12(19)6-3-10)16(25)24-13-7-4-11(9-23)14(8-13)18(20,21)22/h2-8,15,26H,1H3,(H,24,25)(H,27,28). The summed E-state index contributed by atoms with van der Waals surface area (Å²) in [5.41, 5.74) is -4.93. The fraction of sp³-hybridized carbons (Fsp3) is 0.222. The van der Waals surface area contributed by atoms with E-state index in [-0.39, 0.29) is 11.3 Å². The molecule has 0 aliphatic heterocycles. The van der Waals surface area contributed by atoms with E-state index in [0.29, 0.717) is 6.07 Å². The summed E-state index contributed by atoms with van der Waals surface area (Å²) < 4.78 is 73.6. The lowest BCUT2D eigenvalue weighted by atomic mass is 9.94. The van der Waals surface area contributed by atoms with Gasteiger partial charge in [-0.1, -0.05) is 12.1 Å². The number of nitriles is 1. The van der Waals surface area contributed by atoms with Crippen molar-refractivity contribution >= 4 is 22.7 Å². The van der Waals surface area contributed by atoms with Crippen molar-refractivity contribution in [2.24, 2.45) is 0 Å². The molecular weight excluding hydrogens is 416 g/mol. The topological polar surface area (TPSA) is 110 Å². The van der Waals surface area contributed by atoms with Crippen LogP contribution in [0.25, 0.3) is 0 Å². The predicted molar refractivity (Wildman–Crippen MR) is 95.3 cm³/mol. The van der Waals surface area contributed by atoms with E-state index in [1.165, 1.54) is 6.07 Å². The number of rotatable bonds is 5. The van der Waals surface area contributed by atoms with Crippen molar-refractivity contribution in [1.82, 2.24) is 0 Å². The van der Waals surface area contributed by atoms with E-state index in [4.69, 9.17) is 5.26 Å². The number of hydrogen-bond acceptors (Lipinski definition) is 4. The Labute approximate surface area is 165 Å². The second-order valence-electron chi connectivity index (χ2n) is 6.18. The van der Waals surface area contributed by atoms with Crippen LogP contribution in [0, 0.1) is 17.1 Å². The molecule has 6 nitrogen and oxygen atoms in total. The van der Waals surface area contributed by atoms with Gasteiger partial charge in [0.2, 0.25) is 0 Å². The minimum absolute atomic E-state index is 0.0387. The molecule has 2 aromatic rings. The zero-order valence-electron chi connectivity index (χ0n) is 14.7. The third-order valence-electron chi connectivity index (χ3n) is 4.05. The fourth-order valence-corrected chi connectivity index (χ4v) is 3.50. The van der Waals surface area contributed by atoms with Crippen molar-refractivity contribution in [3.8, 4) is 6.07 Å². The van der Waals surface area contributed by atoms with Gasteiger partial charge < -0.3 is 15.0 Å². The van der Waals surface area contributed by atoms with Crippen LogP contribution in [0.3, 0.4) is 0 Å². The largest absolute Gasteiger partial charge is 0.417 e. The second kappa shape index (κ2) is 8.28. The smallest absolute Gasteiger partial charge is 0.379 e. The Balaban J connectivity index is 2.38. The van der Waals surface area contributed by atoms with E-state index in [1.807, 2.05) is 5.32 Å². The zero-order chi connectivity index (χ0) is 22.0. The lowest BCUT2D eigenvalue weighted by molar-refractivity contribution is -0.138. The first-order valence-electron chi connectivity index (χ1n) is 7.88. The molecule has 3 N–H and O–H groups in total. The van der Waals surface area contributed by atoms with E-state index in [0.717, 1.165) is 43.3 Å². The molecule has 0 aliphatic carbocycles. The minimum Gasteiger partial charge on any atom is -0.379 e. The summed E-state index contributed by atoms with van der Waals surface area (Å²) in [5.74, 6) is -1.93. The number of hydrogen-bond donors (Lipinski definition) is 3. The minimum atomic E-state index is -4.86. The molecule has 0 saturated carbocycles. The highest BCUT2D eigenvalue weighted by atomic mass is 32.2. The molecule has 0 spiro atoms. The first-order valence-corrected chi connectivity index (χ1v) is 9.05. The number of benzene rings is 2. The number of halogens is 4. The third-order valence-corrected chi connectivity index (χ3v) is 5.18. The molecule has 0 aliphatic rings. The molecule has 0 radical (unpaired) electrons. The molecule has 0 saturated heterocycles. The third kappa shape index (κ3) is 4.97. The number of anilines is 1. The van der Waals surface area contributed by atoms with Gasteiger partial charge in [-0.25, -0.2) is 8.60 Å². The number of carbonyl (C=O) groups is 1. The molecule has 0 fully saturated rings. The Bertz CT molecular complexity index is 985. The monoisotopic (exact) mass is 430 g/mol. The molecule has 2 rings (SSSR count). The SMILES string of the molecule is CC(O)(C(=O)Nc1ccc(C#N)c(C(F)(F)F)c1)C(c1ccc(F)cc1)S(=O)O. The van der Waals surface area contributed by atoms with Gasteiger partial charge in [-0.3, -0.25) is 4.79 Å². The van der Waals surface area contributed by atoms with Gasteiger partial charge in [-0.2, -0.15) is 18.4 Å². The van der Waals surface area contributed by atoms with Crippen molar-refractivity contribution in [3.05, 3.63) is 65.0 Å². The van der Waals surface area contributed by atoms with E-state index in [9.17, 15) is 36.2 Å². The highest BCUT2D eigenvalue weighted by molar-refractivity contribution is 7.79. The van der Waals surface area contributed by atoms with Gasteiger partial charge in [0.05, 0.1) is 17.2 Å². The number of amides is 1. The molecule has 1 amide bonds. The van der Waals surface area contributed by atoms with Crippen LogP contribution in [0.2, 0.25) is 0 Å². The Kier molecular flexibility index (Phi) is 6.42. The maximum absolute atomic E-state index is 13.1. The molecule has 0 bridgehead atoms. The lowest BCUT2D eigenvalue weighted by Gasteiger charge is -2.29. The summed E-state index contributed by atoms with van der Waals surface area (Å²) in [5, 5.41) is 19.7. The average molecular weight is 430 g/mol. The Morgan fingerprint density at radius 1 is 1.21 bits per heavy atom. The summed E-state index contributed by atoms with van der Waals surface area (Å²) in [6.45, 7) is 0.902. The van der Waals surface area contributed by atoms with Crippen molar-refractivity contribution in [1.29, 1.82) is 5.26 Å². The zero-order valence-corrected chi connectivity index (χ0v) is 15.5. The van der Waals surface area contributed by atoms with Crippen LogP contribution in [0.15, 0.2) is 42.5 Å². The second-order valence-corrected chi connectivity index (χ2v) is 7.20. The summed E-state index contributed by atoms with van der Waals surface area (Å²) in [7, 11) is 0. The highest BCUT2D eigenvalue weighted by Gasteiger charge is 2.44. The van der Waals surface area contributed by atoms with E-state index < -0.39 is 51.0 Å². The van der Waals surface area contributed by atoms with Crippen LogP contribution in [0.1, 0.15) is 28.9 Å². The van der Waals surface area contributed by atoms with Crippen LogP contribution in [-0.2, 0) is 22.1 Å². The molecule has 29 heavy (non-hydrogen) atoms. The Morgan fingerprint density at radius 3 is 2.28 bits per heavy atom. The highest BCUT2D eigenvalue weighted by Crippen LogP contribution is 2.35. The van der Waals surface area contributed by atoms with Crippen LogP contribution in [-0.4, -0.2) is 25.4 Å². The van der Waals surface area contributed by atoms with E-state index in [2.05, 4.69) is 0 Å². The molecule has 2 aromatic carbocycles. The van der Waals surface area contributed by atoms with Gasteiger partial charge in [0, 0.05) is 5.69 Å². The van der Waals surface area contributed by atoms with Crippen LogP contribution >= 0.6 is 0 Å². The molecule has 154 valence electrons. The van der Waals surface area contributed by atoms with E-state index >= 15 is 0 Å². The maximum atomic E-state index is 13.1. The molecule has 3 atom stereocenters. The van der Waals surface area contributed by atoms with Gasteiger partial charge in [-0.05, 0) is 42.8 Å². The quantitative estimate of drug-likeness (QED) is 0.498. The number of carbonyl (C=O) groups excluding carboxylic acids is 1. The van der Waals surface area contributed by atoms with Gasteiger partial charge in [0.1, 0.15) is 11.1 Å². The van der Waals surface area contributed by atoms with E-state index in [1.54, 1.807) is 0 Å². The molecule has 0 heterocycles. The predicted octanol–water partition coefficient (Wildman–Crippen LogP) is 3.37. The number of nitrogens with one attached hydrogen (secondary N) is 1. The first kappa shape index (κ1) is 22.5. The Morgan fingerprint density at radius 2 is 1.79 bits per heavy atom. The van der Waals surface area contributed by atoms with Gasteiger partial charge in [0.25, 0.3) is 5.91 Å². The first-order chi connectivity index (χ1) is 13.4. The van der Waals surface area contributed by atoms with Crippen molar-refractivity contribution in [2.75, 3.05) is 5.32 Å². The normalized spacial score (nSPS) is 15.7. The summed E-state index contributed by atoms with van der Waals surface area (Å²) >= 11 is -2.79. The van der Waals surface area contributed by atoms with Crippen LogP contribution in [0.5, 0.6) is 0 Å². The molecule has 0 aromatic heterocycles. The van der Waals surface area contributed by atoms with Crippen molar-refractivity contribution in [2.45, 2.75) is 24.0 Å². The summed E-state index contributed by atoms with van der Waals surface area (Å²) in [4.78, 5) is 12.5. The fourth-order valence-electron chi connectivity index (χ4n) is 2.61. The van der Waals surface area contributed by atoms with Gasteiger partial charge in [0.15, 0.2) is 16.7 Å². The number of alkyl halides is 3. The Hall–Kier alpha value is -2.81. The molecule has 11 heteroatoms. The van der Waals surface area contributed by atoms with Crippen LogP contribution in [0.4, 0.5) is 23.2 Å². The summed E-state index contributed by atoms with van der Waals surface area (Å²) in [6, 6.07) is 7.86. The lowest BCUT2D eigenvalue weighted by Crippen LogP contribution is -2.46. The van der Waals surface area contributed by atoms with Gasteiger partial charge in [-0.15, -0.1) is 0 Å². The maximum Gasteiger partial charge on any atom is 0.417 e. The average Bonchev–Trinajstić information content (AvgIpc) is 2.62. The summed E-state index contributed by atoms with van der Waals surface area (Å²) in [6.07, 6.45) is -4.86. The van der Waals surface area contributed by atoms with Gasteiger partial charge >= 0.3 is 6.18 Å². The van der Waals surface area contributed by atoms with Crippen LogP contribution < -0.4 is 5.32 Å². The molecular formula is C18H14F4N2O4S. The van der Waals surface area contributed by atoms with Crippen molar-refractivity contribution < 1.29 is 36.2 Å². The van der Waals surface area contributed by atoms with Crippen molar-refractivity contribution in [3.63, 3.8) is 0 Å².